The molecule has 8 nitrogen and oxygen atoms in total. The first-order valence-electron chi connectivity index (χ1n) is 5.46. The topological polar surface area (TPSA) is 133 Å². The molecule has 2 fully saturated rings. The molecule has 2 aliphatic rings. The van der Waals surface area contributed by atoms with Crippen LogP contribution in [0.25, 0.3) is 0 Å². The number of aliphatic hydroxyl groups excluding tert-OH is 2. The van der Waals surface area contributed by atoms with Gasteiger partial charge in [0.2, 0.25) is 0 Å². The first-order chi connectivity index (χ1) is 8.19. The van der Waals surface area contributed by atoms with E-state index in [1.54, 1.807) is 0 Å². The SMILES string of the molecule is O=S1(=O)C[C@H](NN[C@@H]2CS(=O)(=O)C[C@@H]2O)[C@@H](O)C1. The number of hydrogen-bond donors (Lipinski definition) is 4. The van der Waals surface area contributed by atoms with Crippen molar-refractivity contribution in [1.29, 1.82) is 0 Å². The van der Waals surface area contributed by atoms with Crippen molar-refractivity contribution in [3.63, 3.8) is 0 Å². The summed E-state index contributed by atoms with van der Waals surface area (Å²) in [5.41, 5.74) is 5.19. The fraction of sp³-hybridized carbons (Fsp3) is 1.00. The third-order valence-corrected chi connectivity index (χ3v) is 6.53. The minimum absolute atomic E-state index is 0.212. The van der Waals surface area contributed by atoms with Gasteiger partial charge in [0, 0.05) is 0 Å². The van der Waals surface area contributed by atoms with Gasteiger partial charge in [0.15, 0.2) is 19.7 Å². The maximum Gasteiger partial charge on any atom is 0.154 e. The van der Waals surface area contributed by atoms with Crippen LogP contribution in [0, 0.1) is 0 Å². The quantitative estimate of drug-likeness (QED) is 0.393. The van der Waals surface area contributed by atoms with E-state index in [2.05, 4.69) is 10.9 Å². The monoisotopic (exact) mass is 300 g/mol. The predicted molar refractivity (Wildman–Crippen MR) is 63.2 cm³/mol. The fourth-order valence-corrected chi connectivity index (χ4v) is 5.63. The number of aliphatic hydroxyl groups is 2. The molecule has 0 bridgehead atoms. The summed E-state index contributed by atoms with van der Waals surface area (Å²) in [6.45, 7) is 0. The van der Waals surface area contributed by atoms with Gasteiger partial charge in [0.05, 0.1) is 47.3 Å². The Bertz CT molecular complexity index is 468. The zero-order valence-electron chi connectivity index (χ0n) is 9.48. The van der Waals surface area contributed by atoms with Crippen molar-refractivity contribution in [1.82, 2.24) is 10.9 Å². The fourth-order valence-electron chi connectivity index (χ4n) is 2.15. The van der Waals surface area contributed by atoms with Gasteiger partial charge in [-0.15, -0.1) is 0 Å². The largest absolute Gasteiger partial charge is 0.390 e. The van der Waals surface area contributed by atoms with Crippen molar-refractivity contribution in [3.8, 4) is 0 Å². The Kier molecular flexibility index (Phi) is 3.69. The Hall–Kier alpha value is -0.260. The minimum Gasteiger partial charge on any atom is -0.390 e. The van der Waals surface area contributed by atoms with Gasteiger partial charge in [-0.3, -0.25) is 10.9 Å². The molecule has 4 atom stereocenters. The number of sulfone groups is 2. The average Bonchev–Trinajstić information content (AvgIpc) is 2.59. The van der Waals surface area contributed by atoms with Crippen LogP contribution in [0.4, 0.5) is 0 Å². The predicted octanol–water partition coefficient (Wildman–Crippen LogP) is -3.60. The lowest BCUT2D eigenvalue weighted by molar-refractivity contribution is 0.127. The number of rotatable bonds is 3. The van der Waals surface area contributed by atoms with Crippen molar-refractivity contribution >= 4 is 19.7 Å². The molecule has 2 heterocycles. The highest BCUT2D eigenvalue weighted by Crippen LogP contribution is 2.14. The van der Waals surface area contributed by atoms with Gasteiger partial charge in [0.1, 0.15) is 0 Å². The second-order valence-corrected chi connectivity index (χ2v) is 9.10. The highest BCUT2D eigenvalue weighted by atomic mass is 32.2. The molecule has 0 aliphatic carbocycles. The zero-order valence-corrected chi connectivity index (χ0v) is 11.1. The Morgan fingerprint density at radius 1 is 0.722 bits per heavy atom. The Balaban J connectivity index is 1.90. The van der Waals surface area contributed by atoms with Crippen LogP contribution in [0.2, 0.25) is 0 Å². The van der Waals surface area contributed by atoms with Crippen LogP contribution < -0.4 is 10.9 Å². The molecule has 4 N–H and O–H groups in total. The van der Waals surface area contributed by atoms with Gasteiger partial charge < -0.3 is 10.2 Å². The number of hydrogen-bond acceptors (Lipinski definition) is 8. The summed E-state index contributed by atoms with van der Waals surface area (Å²) in [6, 6.07) is -1.38. The molecule has 10 heteroatoms. The van der Waals surface area contributed by atoms with Gasteiger partial charge in [-0.05, 0) is 0 Å². The Labute approximate surface area is 105 Å². The average molecular weight is 300 g/mol. The summed E-state index contributed by atoms with van der Waals surface area (Å²) in [5.74, 6) is -1.04. The molecular weight excluding hydrogens is 284 g/mol. The maximum absolute atomic E-state index is 11.2. The van der Waals surface area contributed by atoms with Crippen LogP contribution in [-0.4, -0.2) is 74.4 Å². The lowest BCUT2D eigenvalue weighted by atomic mass is 10.2. The maximum atomic E-state index is 11.2. The second kappa shape index (κ2) is 4.69. The minimum atomic E-state index is -3.26. The van der Waals surface area contributed by atoms with E-state index in [0.717, 1.165) is 0 Å². The third kappa shape index (κ3) is 3.19. The summed E-state index contributed by atoms with van der Waals surface area (Å²) in [4.78, 5) is 0. The molecule has 18 heavy (non-hydrogen) atoms. The number of nitrogens with one attached hydrogen (secondary N) is 2. The van der Waals surface area contributed by atoms with Gasteiger partial charge in [-0.2, -0.15) is 0 Å². The van der Waals surface area contributed by atoms with E-state index < -0.39 is 44.0 Å². The molecule has 2 aliphatic heterocycles. The first-order valence-corrected chi connectivity index (χ1v) is 9.11. The first kappa shape index (κ1) is 14.2. The van der Waals surface area contributed by atoms with E-state index in [9.17, 15) is 27.0 Å². The smallest absolute Gasteiger partial charge is 0.154 e. The molecular formula is C8H16N2O6S2. The molecule has 0 aromatic carbocycles. The summed E-state index contributed by atoms with van der Waals surface area (Å²) in [6.07, 6.45) is -2.06. The summed E-state index contributed by atoms with van der Waals surface area (Å²) in [5, 5.41) is 19.0. The second-order valence-electron chi connectivity index (χ2n) is 4.79. The van der Waals surface area contributed by atoms with Crippen molar-refractivity contribution in [2.45, 2.75) is 24.3 Å². The van der Waals surface area contributed by atoms with Crippen molar-refractivity contribution < 1.29 is 27.0 Å². The van der Waals surface area contributed by atoms with E-state index in [1.165, 1.54) is 0 Å². The molecule has 0 aromatic rings. The van der Waals surface area contributed by atoms with E-state index in [1.807, 2.05) is 0 Å². The van der Waals surface area contributed by atoms with Crippen molar-refractivity contribution in [2.75, 3.05) is 23.0 Å². The highest BCUT2D eigenvalue weighted by Gasteiger charge is 2.39. The summed E-state index contributed by atoms with van der Waals surface area (Å²) < 4.78 is 45.0. The zero-order chi connectivity index (χ0) is 13.6. The standard InChI is InChI=1S/C8H16N2O6S2/c11-7-3-17(13,14)1-5(7)9-10-6-2-18(15,16)4-8(6)12/h5-12H,1-4H2/t5-,6+,7-,8-/m0/s1. The van der Waals surface area contributed by atoms with E-state index in [0.29, 0.717) is 0 Å². The molecule has 0 aromatic heterocycles. The van der Waals surface area contributed by atoms with E-state index >= 15 is 0 Å². The van der Waals surface area contributed by atoms with Gasteiger partial charge in [-0.25, -0.2) is 16.8 Å². The molecule has 0 radical (unpaired) electrons. The van der Waals surface area contributed by atoms with Crippen LogP contribution in [-0.2, 0) is 19.7 Å². The van der Waals surface area contributed by atoms with Crippen LogP contribution in [0.5, 0.6) is 0 Å². The summed E-state index contributed by atoms with van der Waals surface area (Å²) in [7, 11) is -6.52. The Morgan fingerprint density at radius 3 is 1.28 bits per heavy atom. The molecule has 2 rings (SSSR count). The highest BCUT2D eigenvalue weighted by molar-refractivity contribution is 7.92. The molecule has 0 amide bonds. The van der Waals surface area contributed by atoms with Gasteiger partial charge >= 0.3 is 0 Å². The van der Waals surface area contributed by atoms with Crippen molar-refractivity contribution in [3.05, 3.63) is 0 Å². The third-order valence-electron chi connectivity index (χ3n) is 3.10. The molecule has 0 spiro atoms. The van der Waals surface area contributed by atoms with Gasteiger partial charge in [-0.1, -0.05) is 0 Å². The summed E-state index contributed by atoms with van der Waals surface area (Å²) >= 11 is 0. The van der Waals surface area contributed by atoms with E-state index in [-0.39, 0.29) is 23.0 Å². The number of hydrazine groups is 1. The van der Waals surface area contributed by atoms with E-state index in [4.69, 9.17) is 0 Å². The van der Waals surface area contributed by atoms with Crippen LogP contribution in [0.15, 0.2) is 0 Å². The molecule has 0 saturated carbocycles. The Morgan fingerprint density at radius 2 is 1.06 bits per heavy atom. The van der Waals surface area contributed by atoms with Crippen molar-refractivity contribution in [2.24, 2.45) is 0 Å². The van der Waals surface area contributed by atoms with Gasteiger partial charge in [0.25, 0.3) is 0 Å². The van der Waals surface area contributed by atoms with Crippen LogP contribution in [0.3, 0.4) is 0 Å². The van der Waals surface area contributed by atoms with Crippen LogP contribution in [0.1, 0.15) is 0 Å². The lowest BCUT2D eigenvalue weighted by Gasteiger charge is -2.20. The molecule has 106 valence electrons. The molecule has 2 saturated heterocycles. The molecule has 0 unspecified atom stereocenters. The lowest BCUT2D eigenvalue weighted by Crippen LogP contribution is -2.54. The normalized spacial score (nSPS) is 42.1. The van der Waals surface area contributed by atoms with Crippen LogP contribution >= 0.6 is 0 Å².